The van der Waals surface area contributed by atoms with Gasteiger partial charge in [0.2, 0.25) is 17.0 Å². The molecule has 1 atom stereocenters. The van der Waals surface area contributed by atoms with E-state index < -0.39 is 17.7 Å². The molecule has 0 spiro atoms. The summed E-state index contributed by atoms with van der Waals surface area (Å²) < 4.78 is 26.4. The van der Waals surface area contributed by atoms with E-state index >= 15 is 0 Å². The number of hydrogen-bond donors (Lipinski definition) is 3. The summed E-state index contributed by atoms with van der Waals surface area (Å²) in [4.78, 5) is 15.6. The number of benzene rings is 1. The number of hydrogen-bond acceptors (Lipinski definition) is 5. The third kappa shape index (κ3) is 4.15. The van der Waals surface area contributed by atoms with Crippen molar-refractivity contribution < 1.29 is 13.6 Å². The molecule has 0 saturated heterocycles. The number of halogens is 2. The maximum absolute atomic E-state index is 13.6. The fourth-order valence-electron chi connectivity index (χ4n) is 1.67. The van der Waals surface area contributed by atoms with Crippen molar-refractivity contribution in [3.8, 4) is 0 Å². The van der Waals surface area contributed by atoms with E-state index in [9.17, 15) is 13.6 Å². The van der Waals surface area contributed by atoms with E-state index in [1.807, 2.05) is 0 Å². The summed E-state index contributed by atoms with van der Waals surface area (Å²) in [6.45, 7) is 1.61. The maximum atomic E-state index is 13.6. The molecular formula is C12H13F2N5OS. The minimum Gasteiger partial charge on any atom is -0.368 e. The van der Waals surface area contributed by atoms with E-state index in [1.165, 1.54) is 6.07 Å². The van der Waals surface area contributed by atoms with Crippen molar-refractivity contribution in [1.29, 1.82) is 0 Å². The number of carbonyl (C=O) groups excluding carboxylic acids is 1. The van der Waals surface area contributed by atoms with E-state index in [0.29, 0.717) is 5.16 Å². The van der Waals surface area contributed by atoms with E-state index in [4.69, 9.17) is 5.73 Å². The summed E-state index contributed by atoms with van der Waals surface area (Å²) in [6.07, 6.45) is 0. The first-order chi connectivity index (χ1) is 9.95. The quantitative estimate of drug-likeness (QED) is 0.729. The van der Waals surface area contributed by atoms with E-state index in [2.05, 4.69) is 20.5 Å². The van der Waals surface area contributed by atoms with Crippen molar-refractivity contribution in [1.82, 2.24) is 20.5 Å². The molecule has 1 aromatic carbocycles. The summed E-state index contributed by atoms with van der Waals surface area (Å²) in [5.41, 5.74) is 5.57. The molecule has 1 aromatic heterocycles. The fourth-order valence-corrected chi connectivity index (χ4v) is 2.28. The average Bonchev–Trinajstić information content (AvgIpc) is 2.82. The maximum Gasteiger partial charge on any atom is 0.230 e. The van der Waals surface area contributed by atoms with Crippen molar-refractivity contribution in [2.75, 3.05) is 11.5 Å². The van der Waals surface area contributed by atoms with Crippen LogP contribution in [-0.2, 0) is 4.79 Å². The molecule has 0 radical (unpaired) electrons. The summed E-state index contributed by atoms with van der Waals surface area (Å²) in [7, 11) is 0. The number of nitrogen functional groups attached to an aromatic ring is 1. The molecule has 9 heteroatoms. The van der Waals surface area contributed by atoms with Gasteiger partial charge in [-0.15, -0.1) is 5.10 Å². The van der Waals surface area contributed by atoms with Gasteiger partial charge in [0.05, 0.1) is 11.8 Å². The van der Waals surface area contributed by atoms with Crippen LogP contribution in [-0.4, -0.2) is 26.8 Å². The second-order valence-electron chi connectivity index (χ2n) is 4.25. The number of aromatic amines is 1. The lowest BCUT2D eigenvalue weighted by atomic mass is 10.1. The lowest BCUT2D eigenvalue weighted by molar-refractivity contribution is -0.119. The second-order valence-corrected chi connectivity index (χ2v) is 5.19. The first-order valence-corrected chi connectivity index (χ1v) is 6.99. The number of anilines is 1. The Balaban J connectivity index is 1.89. The van der Waals surface area contributed by atoms with Gasteiger partial charge in [-0.3, -0.25) is 4.79 Å². The number of nitrogens with one attached hydrogen (secondary N) is 2. The molecule has 112 valence electrons. The molecule has 0 aliphatic rings. The average molecular weight is 313 g/mol. The Morgan fingerprint density at radius 3 is 2.90 bits per heavy atom. The van der Waals surface area contributed by atoms with Crippen LogP contribution in [0.25, 0.3) is 0 Å². The Labute approximate surface area is 123 Å². The minimum absolute atomic E-state index is 0.0600. The summed E-state index contributed by atoms with van der Waals surface area (Å²) in [5.74, 6) is -1.45. The molecule has 4 N–H and O–H groups in total. The van der Waals surface area contributed by atoms with Crippen LogP contribution in [0.4, 0.5) is 14.7 Å². The van der Waals surface area contributed by atoms with Gasteiger partial charge in [0.25, 0.3) is 0 Å². The second kappa shape index (κ2) is 6.53. The molecule has 2 rings (SSSR count). The number of nitrogens with two attached hydrogens (primary N) is 1. The monoisotopic (exact) mass is 313 g/mol. The zero-order chi connectivity index (χ0) is 15.4. The normalized spacial score (nSPS) is 12.1. The van der Waals surface area contributed by atoms with Crippen LogP contribution < -0.4 is 11.1 Å². The fraction of sp³-hybridized carbons (Fsp3) is 0.250. The number of nitrogens with zero attached hydrogens (tertiary/aromatic N) is 2. The van der Waals surface area contributed by atoms with Gasteiger partial charge in [0.1, 0.15) is 11.6 Å². The van der Waals surface area contributed by atoms with Crippen molar-refractivity contribution >= 4 is 23.6 Å². The van der Waals surface area contributed by atoms with Gasteiger partial charge in [0.15, 0.2) is 0 Å². The molecule has 6 nitrogen and oxygen atoms in total. The van der Waals surface area contributed by atoms with Crippen LogP contribution in [0.2, 0.25) is 0 Å². The molecule has 0 aliphatic carbocycles. The number of aromatic nitrogens is 3. The highest BCUT2D eigenvalue weighted by atomic mass is 32.2. The van der Waals surface area contributed by atoms with Crippen LogP contribution >= 0.6 is 11.8 Å². The standard InChI is InChI=1S/C12H13F2N5OS/c1-6(8-3-2-7(13)4-9(8)14)16-10(20)5-21-12-17-11(15)18-19-12/h2-4,6H,5H2,1H3,(H,16,20)(H3,15,17,18,19)/t6-/m1/s1. The Kier molecular flexibility index (Phi) is 4.73. The smallest absolute Gasteiger partial charge is 0.230 e. The third-order valence-corrected chi connectivity index (χ3v) is 3.47. The van der Waals surface area contributed by atoms with Crippen molar-refractivity contribution in [3.63, 3.8) is 0 Å². The van der Waals surface area contributed by atoms with Gasteiger partial charge in [-0.25, -0.2) is 13.9 Å². The largest absolute Gasteiger partial charge is 0.368 e. The van der Waals surface area contributed by atoms with Crippen molar-refractivity contribution in [2.45, 2.75) is 18.1 Å². The Morgan fingerprint density at radius 1 is 1.52 bits per heavy atom. The van der Waals surface area contributed by atoms with Gasteiger partial charge in [-0.1, -0.05) is 17.8 Å². The molecular weight excluding hydrogens is 300 g/mol. The number of rotatable bonds is 5. The van der Waals surface area contributed by atoms with Gasteiger partial charge in [-0.2, -0.15) is 4.98 Å². The summed E-state index contributed by atoms with van der Waals surface area (Å²) >= 11 is 1.09. The first kappa shape index (κ1) is 15.2. The van der Waals surface area contributed by atoms with E-state index in [-0.39, 0.29) is 23.2 Å². The SMILES string of the molecule is C[C@@H](NC(=O)CSc1n[nH]c(N)n1)c1ccc(F)cc1F. The lowest BCUT2D eigenvalue weighted by Crippen LogP contribution is -2.28. The Hall–Kier alpha value is -2.16. The van der Waals surface area contributed by atoms with Crippen LogP contribution in [0.5, 0.6) is 0 Å². The molecule has 2 aromatic rings. The molecule has 0 aliphatic heterocycles. The van der Waals surface area contributed by atoms with Gasteiger partial charge in [-0.05, 0) is 13.0 Å². The van der Waals surface area contributed by atoms with Crippen LogP contribution in [0.3, 0.4) is 0 Å². The number of thioether (sulfide) groups is 1. The summed E-state index contributed by atoms with van der Waals surface area (Å²) in [6, 6.07) is 2.66. The van der Waals surface area contributed by atoms with Crippen molar-refractivity contribution in [2.24, 2.45) is 0 Å². The molecule has 1 amide bonds. The number of H-pyrrole nitrogens is 1. The Bertz CT molecular complexity index is 648. The lowest BCUT2D eigenvalue weighted by Gasteiger charge is -2.14. The zero-order valence-electron chi connectivity index (χ0n) is 11.1. The molecule has 0 bridgehead atoms. The highest BCUT2D eigenvalue weighted by Crippen LogP contribution is 2.18. The number of carbonyl (C=O) groups is 1. The molecule has 21 heavy (non-hydrogen) atoms. The predicted octanol–water partition coefficient (Wildman–Crippen LogP) is 1.63. The van der Waals surface area contributed by atoms with Crippen LogP contribution in [0.15, 0.2) is 23.4 Å². The van der Waals surface area contributed by atoms with Crippen LogP contribution in [0.1, 0.15) is 18.5 Å². The molecule has 0 fully saturated rings. The van der Waals surface area contributed by atoms with Crippen LogP contribution in [0, 0.1) is 11.6 Å². The Morgan fingerprint density at radius 2 is 2.29 bits per heavy atom. The third-order valence-electron chi connectivity index (χ3n) is 2.62. The molecule has 0 saturated carbocycles. The first-order valence-electron chi connectivity index (χ1n) is 6.00. The minimum atomic E-state index is -0.697. The van der Waals surface area contributed by atoms with E-state index in [1.54, 1.807) is 6.92 Å². The van der Waals surface area contributed by atoms with E-state index in [0.717, 1.165) is 23.9 Å². The number of amides is 1. The highest BCUT2D eigenvalue weighted by Gasteiger charge is 2.15. The predicted molar refractivity (Wildman–Crippen MR) is 74.4 cm³/mol. The molecule has 1 heterocycles. The van der Waals surface area contributed by atoms with Gasteiger partial charge < -0.3 is 11.1 Å². The molecule has 0 unspecified atom stereocenters. The van der Waals surface area contributed by atoms with Gasteiger partial charge in [0, 0.05) is 11.6 Å². The van der Waals surface area contributed by atoms with Crippen molar-refractivity contribution in [3.05, 3.63) is 35.4 Å². The van der Waals surface area contributed by atoms with Gasteiger partial charge >= 0.3 is 0 Å². The highest BCUT2D eigenvalue weighted by molar-refractivity contribution is 7.99. The topological polar surface area (TPSA) is 96.7 Å². The zero-order valence-corrected chi connectivity index (χ0v) is 11.9. The summed E-state index contributed by atoms with van der Waals surface area (Å²) in [5, 5.41) is 9.18.